The van der Waals surface area contributed by atoms with E-state index < -0.39 is 0 Å². The Kier molecular flexibility index (Phi) is 5.81. The molecule has 5 heteroatoms. The smallest absolute Gasteiger partial charge is 0.409 e. The maximum atomic E-state index is 12.1. The summed E-state index contributed by atoms with van der Waals surface area (Å²) in [5.74, 6) is 0.0402. The molecule has 1 aromatic carbocycles. The van der Waals surface area contributed by atoms with Crippen LogP contribution in [-0.4, -0.2) is 42.6 Å². The average molecular weight is 304 g/mol. The predicted molar refractivity (Wildman–Crippen MR) is 84.6 cm³/mol. The van der Waals surface area contributed by atoms with E-state index in [1.807, 2.05) is 31.2 Å². The normalized spacial score (nSPS) is 15.5. The Morgan fingerprint density at radius 3 is 2.45 bits per heavy atom. The number of benzene rings is 1. The van der Waals surface area contributed by atoms with Crippen LogP contribution in [0.1, 0.15) is 30.9 Å². The molecule has 1 fully saturated rings. The summed E-state index contributed by atoms with van der Waals surface area (Å²) < 4.78 is 4.99. The van der Waals surface area contributed by atoms with Crippen LogP contribution in [0.4, 0.5) is 4.79 Å². The van der Waals surface area contributed by atoms with Crippen LogP contribution < -0.4 is 5.32 Å². The van der Waals surface area contributed by atoms with Gasteiger partial charge in [-0.2, -0.15) is 0 Å². The number of hydrogen-bond donors (Lipinski definition) is 1. The minimum atomic E-state index is -0.257. The number of nitrogens with zero attached hydrogens (tertiary/aromatic N) is 1. The van der Waals surface area contributed by atoms with Gasteiger partial charge in [-0.1, -0.05) is 29.8 Å². The van der Waals surface area contributed by atoms with Crippen molar-refractivity contribution in [1.29, 1.82) is 0 Å². The molecule has 0 atom stereocenters. The van der Waals surface area contributed by atoms with E-state index in [1.165, 1.54) is 5.56 Å². The van der Waals surface area contributed by atoms with Gasteiger partial charge in [0, 0.05) is 19.1 Å². The third-order valence-electron chi connectivity index (χ3n) is 3.87. The van der Waals surface area contributed by atoms with Gasteiger partial charge >= 0.3 is 6.09 Å². The number of ether oxygens (including phenoxy) is 1. The standard InChI is InChI=1S/C17H24N2O3/c1-3-22-17(21)19-10-8-15(9-11-19)18-16(20)12-14-6-4-13(2)5-7-14/h4-7,15H,3,8-12H2,1-2H3,(H,18,20). The molecule has 1 heterocycles. The first-order valence-corrected chi connectivity index (χ1v) is 7.85. The van der Waals surface area contributed by atoms with Crippen molar-refractivity contribution in [3.05, 3.63) is 35.4 Å². The monoisotopic (exact) mass is 304 g/mol. The zero-order valence-electron chi connectivity index (χ0n) is 13.3. The second kappa shape index (κ2) is 7.82. The second-order valence-electron chi connectivity index (χ2n) is 5.69. The summed E-state index contributed by atoms with van der Waals surface area (Å²) in [6, 6.07) is 8.14. The Labute approximate surface area is 131 Å². The molecule has 0 spiro atoms. The van der Waals surface area contributed by atoms with Gasteiger partial charge in [0.2, 0.25) is 5.91 Å². The fourth-order valence-electron chi connectivity index (χ4n) is 2.59. The molecule has 1 aliphatic rings. The van der Waals surface area contributed by atoms with Crippen molar-refractivity contribution in [2.45, 2.75) is 39.2 Å². The highest BCUT2D eigenvalue weighted by Crippen LogP contribution is 2.12. The molecule has 2 rings (SSSR count). The predicted octanol–water partition coefficient (Wildman–Crippen LogP) is 2.27. The number of carbonyl (C=O) groups is 2. The van der Waals surface area contributed by atoms with Crippen LogP contribution in [0.25, 0.3) is 0 Å². The molecule has 0 radical (unpaired) electrons. The SMILES string of the molecule is CCOC(=O)N1CCC(NC(=O)Cc2ccc(C)cc2)CC1. The Balaban J connectivity index is 1.74. The lowest BCUT2D eigenvalue weighted by Gasteiger charge is -2.31. The van der Waals surface area contributed by atoms with Gasteiger partial charge in [-0.05, 0) is 32.3 Å². The third kappa shape index (κ3) is 4.76. The van der Waals surface area contributed by atoms with Crippen LogP contribution in [0.2, 0.25) is 0 Å². The molecule has 2 amide bonds. The number of carbonyl (C=O) groups excluding carboxylic acids is 2. The molecule has 0 aromatic heterocycles. The van der Waals surface area contributed by atoms with E-state index >= 15 is 0 Å². The van der Waals surface area contributed by atoms with Crippen molar-refractivity contribution in [1.82, 2.24) is 10.2 Å². The van der Waals surface area contributed by atoms with E-state index in [0.717, 1.165) is 18.4 Å². The molecule has 1 saturated heterocycles. The molecule has 22 heavy (non-hydrogen) atoms. The number of likely N-dealkylation sites (tertiary alicyclic amines) is 1. The van der Waals surface area contributed by atoms with E-state index in [9.17, 15) is 9.59 Å². The molecular weight excluding hydrogens is 280 g/mol. The lowest BCUT2D eigenvalue weighted by molar-refractivity contribution is -0.121. The van der Waals surface area contributed by atoms with Gasteiger partial charge in [-0.15, -0.1) is 0 Å². The van der Waals surface area contributed by atoms with Gasteiger partial charge < -0.3 is 15.0 Å². The van der Waals surface area contributed by atoms with Crippen LogP contribution in [0.3, 0.4) is 0 Å². The molecule has 0 bridgehead atoms. The van der Waals surface area contributed by atoms with Crippen molar-refractivity contribution < 1.29 is 14.3 Å². The van der Waals surface area contributed by atoms with Crippen molar-refractivity contribution in [3.63, 3.8) is 0 Å². The fourth-order valence-corrected chi connectivity index (χ4v) is 2.59. The lowest BCUT2D eigenvalue weighted by atomic mass is 10.0. The Morgan fingerprint density at radius 2 is 1.86 bits per heavy atom. The van der Waals surface area contributed by atoms with Gasteiger partial charge in [-0.25, -0.2) is 4.79 Å². The number of rotatable bonds is 4. The van der Waals surface area contributed by atoms with Gasteiger partial charge in [-0.3, -0.25) is 4.79 Å². The minimum absolute atomic E-state index is 0.0402. The van der Waals surface area contributed by atoms with Crippen LogP contribution in [-0.2, 0) is 16.0 Å². The van der Waals surface area contributed by atoms with Gasteiger partial charge in [0.15, 0.2) is 0 Å². The molecule has 0 saturated carbocycles. The number of nitrogens with one attached hydrogen (secondary N) is 1. The van der Waals surface area contributed by atoms with Gasteiger partial charge in [0.25, 0.3) is 0 Å². The van der Waals surface area contributed by atoms with Gasteiger partial charge in [0.1, 0.15) is 0 Å². The summed E-state index contributed by atoms with van der Waals surface area (Å²) in [6.45, 7) is 5.49. The summed E-state index contributed by atoms with van der Waals surface area (Å²) in [5, 5.41) is 3.06. The molecule has 0 aliphatic carbocycles. The molecule has 0 unspecified atom stereocenters. The van der Waals surface area contributed by atoms with E-state index in [2.05, 4.69) is 5.32 Å². The first-order valence-electron chi connectivity index (χ1n) is 7.85. The number of hydrogen-bond acceptors (Lipinski definition) is 3. The topological polar surface area (TPSA) is 58.6 Å². The number of amides is 2. The first-order chi connectivity index (χ1) is 10.6. The fraction of sp³-hybridized carbons (Fsp3) is 0.529. The highest BCUT2D eigenvalue weighted by molar-refractivity contribution is 5.79. The van der Waals surface area contributed by atoms with Crippen molar-refractivity contribution in [3.8, 4) is 0 Å². The van der Waals surface area contributed by atoms with E-state index in [4.69, 9.17) is 4.74 Å². The van der Waals surface area contributed by atoms with Crippen LogP contribution in [0, 0.1) is 6.92 Å². The molecular formula is C17H24N2O3. The average Bonchev–Trinajstić information content (AvgIpc) is 2.50. The van der Waals surface area contributed by atoms with E-state index in [-0.39, 0.29) is 18.0 Å². The van der Waals surface area contributed by atoms with Crippen LogP contribution in [0.15, 0.2) is 24.3 Å². The number of piperidine rings is 1. The molecule has 1 aliphatic heterocycles. The molecule has 5 nitrogen and oxygen atoms in total. The summed E-state index contributed by atoms with van der Waals surface area (Å²) >= 11 is 0. The lowest BCUT2D eigenvalue weighted by Crippen LogP contribution is -2.47. The molecule has 1 N–H and O–H groups in total. The van der Waals surface area contributed by atoms with E-state index in [1.54, 1.807) is 11.8 Å². The summed E-state index contributed by atoms with van der Waals surface area (Å²) in [7, 11) is 0. The maximum Gasteiger partial charge on any atom is 0.409 e. The zero-order valence-corrected chi connectivity index (χ0v) is 13.3. The highest BCUT2D eigenvalue weighted by Gasteiger charge is 2.24. The van der Waals surface area contributed by atoms with Crippen molar-refractivity contribution in [2.24, 2.45) is 0 Å². The number of aryl methyl sites for hydroxylation is 1. The van der Waals surface area contributed by atoms with Crippen molar-refractivity contribution in [2.75, 3.05) is 19.7 Å². The molecule has 1 aromatic rings. The summed E-state index contributed by atoms with van der Waals surface area (Å²) in [5.41, 5.74) is 2.21. The highest BCUT2D eigenvalue weighted by atomic mass is 16.6. The largest absolute Gasteiger partial charge is 0.450 e. The second-order valence-corrected chi connectivity index (χ2v) is 5.69. The quantitative estimate of drug-likeness (QED) is 0.928. The maximum absolute atomic E-state index is 12.1. The van der Waals surface area contributed by atoms with Crippen LogP contribution in [0.5, 0.6) is 0 Å². The Hall–Kier alpha value is -2.04. The summed E-state index contributed by atoms with van der Waals surface area (Å²) in [4.78, 5) is 25.4. The summed E-state index contributed by atoms with van der Waals surface area (Å²) in [6.07, 6.45) is 1.70. The van der Waals surface area contributed by atoms with Crippen molar-refractivity contribution >= 4 is 12.0 Å². The Morgan fingerprint density at radius 1 is 1.23 bits per heavy atom. The van der Waals surface area contributed by atoms with Crippen LogP contribution >= 0.6 is 0 Å². The third-order valence-corrected chi connectivity index (χ3v) is 3.87. The minimum Gasteiger partial charge on any atom is -0.450 e. The zero-order chi connectivity index (χ0) is 15.9. The van der Waals surface area contributed by atoms with Gasteiger partial charge in [0.05, 0.1) is 13.0 Å². The van der Waals surface area contributed by atoms with E-state index in [0.29, 0.717) is 26.1 Å². The molecule has 120 valence electrons. The Bertz CT molecular complexity index is 505. The first kappa shape index (κ1) is 16.3.